The fourth-order valence-electron chi connectivity index (χ4n) is 3.47. The van der Waals surface area contributed by atoms with Crippen LogP contribution < -0.4 is 0 Å². The molecule has 0 amide bonds. The summed E-state index contributed by atoms with van der Waals surface area (Å²) in [6.45, 7) is 9.13. The van der Waals surface area contributed by atoms with E-state index in [4.69, 9.17) is 0 Å². The predicted octanol–water partition coefficient (Wildman–Crippen LogP) is 10.6. The minimum Gasteiger partial charge on any atom is -0.0654 e. The van der Waals surface area contributed by atoms with Crippen LogP contribution in [0.25, 0.3) is 0 Å². The highest BCUT2D eigenvalue weighted by molar-refractivity contribution is 4.47. The molecule has 0 radical (unpaired) electrons. The monoisotopic (exact) mass is 368 g/mol. The van der Waals surface area contributed by atoms with Crippen molar-refractivity contribution in [3.05, 3.63) is 0 Å². The van der Waals surface area contributed by atoms with E-state index in [1.807, 2.05) is 0 Å². The molecule has 0 aliphatic carbocycles. The van der Waals surface area contributed by atoms with Crippen LogP contribution >= 0.6 is 0 Å². The van der Waals surface area contributed by atoms with Gasteiger partial charge in [0.1, 0.15) is 0 Å². The second-order valence-electron chi connectivity index (χ2n) is 8.36. The molecule has 0 rings (SSSR count). The van der Waals surface area contributed by atoms with Crippen molar-refractivity contribution in [3.63, 3.8) is 0 Å². The zero-order chi connectivity index (χ0) is 19.6. The Morgan fingerprint density at radius 2 is 0.308 bits per heavy atom. The summed E-state index contributed by atoms with van der Waals surface area (Å²) >= 11 is 0. The topological polar surface area (TPSA) is 0 Å². The number of rotatable bonds is 20. The molecule has 0 aliphatic heterocycles. The Morgan fingerprint density at radius 1 is 0.192 bits per heavy atom. The molecule has 0 bridgehead atoms. The lowest BCUT2D eigenvalue weighted by atomic mass is 10.1. The van der Waals surface area contributed by atoms with Gasteiger partial charge in [-0.2, -0.15) is 0 Å². The van der Waals surface area contributed by atoms with E-state index in [0.717, 1.165) is 0 Å². The summed E-state index contributed by atoms with van der Waals surface area (Å²) < 4.78 is 0. The summed E-state index contributed by atoms with van der Waals surface area (Å²) in [5, 5.41) is 0. The van der Waals surface area contributed by atoms with Crippen molar-refractivity contribution in [3.8, 4) is 0 Å². The van der Waals surface area contributed by atoms with Crippen LogP contribution in [0.15, 0.2) is 0 Å². The summed E-state index contributed by atoms with van der Waals surface area (Å²) in [6, 6.07) is 0. The van der Waals surface area contributed by atoms with Crippen LogP contribution in [0.5, 0.6) is 0 Å². The normalized spacial score (nSPS) is 10.6. The van der Waals surface area contributed by atoms with Gasteiger partial charge in [0, 0.05) is 0 Å². The standard InChI is InChI=1S/C14H30.C12H26/c1-3-5-7-9-11-13-14-12-10-8-6-4-2;1-3-5-7-9-11-12-10-8-6-4-2/h3-14H2,1-2H3;3-12H2,1-2H3. The highest BCUT2D eigenvalue weighted by atomic mass is 14.0. The molecule has 26 heavy (non-hydrogen) atoms. The van der Waals surface area contributed by atoms with Crippen molar-refractivity contribution in [1.29, 1.82) is 0 Å². The lowest BCUT2D eigenvalue weighted by Crippen LogP contribution is -1.81. The Labute approximate surface area is 169 Å². The van der Waals surface area contributed by atoms with Gasteiger partial charge in [0.25, 0.3) is 0 Å². The number of hydrogen-bond donors (Lipinski definition) is 0. The van der Waals surface area contributed by atoms with Gasteiger partial charge in [-0.25, -0.2) is 0 Å². The molecule has 0 N–H and O–H groups in total. The third-order valence-electron chi connectivity index (χ3n) is 5.41. The summed E-state index contributed by atoms with van der Waals surface area (Å²) in [6.07, 6.45) is 31.9. The summed E-state index contributed by atoms with van der Waals surface area (Å²) in [5.74, 6) is 0. The van der Waals surface area contributed by atoms with Crippen molar-refractivity contribution >= 4 is 0 Å². The minimum atomic E-state index is 1.37. The molecule has 0 saturated carbocycles. The van der Waals surface area contributed by atoms with Crippen molar-refractivity contribution < 1.29 is 0 Å². The maximum absolute atomic E-state index is 2.29. The Balaban J connectivity index is 0. The van der Waals surface area contributed by atoms with E-state index in [9.17, 15) is 0 Å². The summed E-state index contributed by atoms with van der Waals surface area (Å²) in [5.41, 5.74) is 0. The maximum atomic E-state index is 2.29. The molecule has 0 spiro atoms. The largest absolute Gasteiger partial charge is 0.0654 e. The Bertz CT molecular complexity index is 174. The molecular formula is C26H56. The molecule has 0 heterocycles. The lowest BCUT2D eigenvalue weighted by molar-refractivity contribution is 0.548. The molecule has 0 heteroatoms. The van der Waals surface area contributed by atoms with E-state index in [2.05, 4.69) is 27.7 Å². The van der Waals surface area contributed by atoms with Crippen LogP contribution in [0.4, 0.5) is 0 Å². The quantitative estimate of drug-likeness (QED) is 0.187. The van der Waals surface area contributed by atoms with Gasteiger partial charge >= 0.3 is 0 Å². The third kappa shape index (κ3) is 31.7. The fourth-order valence-corrected chi connectivity index (χ4v) is 3.47. The molecular weight excluding hydrogens is 312 g/mol. The van der Waals surface area contributed by atoms with Crippen LogP contribution in [-0.2, 0) is 0 Å². The van der Waals surface area contributed by atoms with E-state index in [-0.39, 0.29) is 0 Å². The zero-order valence-corrected chi connectivity index (χ0v) is 19.6. The molecule has 0 aromatic carbocycles. The first-order valence-corrected chi connectivity index (χ1v) is 12.8. The smallest absolute Gasteiger partial charge is 0.0533 e. The van der Waals surface area contributed by atoms with Crippen LogP contribution in [-0.4, -0.2) is 0 Å². The van der Waals surface area contributed by atoms with Gasteiger partial charge in [0.2, 0.25) is 0 Å². The van der Waals surface area contributed by atoms with Crippen molar-refractivity contribution in [2.24, 2.45) is 0 Å². The lowest BCUT2D eigenvalue weighted by Gasteiger charge is -2.01. The maximum Gasteiger partial charge on any atom is -0.0533 e. The molecule has 0 aromatic rings. The van der Waals surface area contributed by atoms with Gasteiger partial charge in [0.15, 0.2) is 0 Å². The SMILES string of the molecule is CCCCCCCCCCCC.CCCCCCCCCCCCCC. The van der Waals surface area contributed by atoms with Crippen LogP contribution in [0.2, 0.25) is 0 Å². The first kappa shape index (κ1) is 28.2. The molecule has 0 atom stereocenters. The molecule has 0 aliphatic rings. The summed E-state index contributed by atoms with van der Waals surface area (Å²) in [7, 11) is 0. The van der Waals surface area contributed by atoms with Crippen molar-refractivity contribution in [2.75, 3.05) is 0 Å². The highest BCUT2D eigenvalue weighted by Gasteiger charge is 1.92. The van der Waals surface area contributed by atoms with E-state index >= 15 is 0 Å². The van der Waals surface area contributed by atoms with Gasteiger partial charge < -0.3 is 0 Å². The van der Waals surface area contributed by atoms with Gasteiger partial charge in [-0.05, 0) is 0 Å². The first-order valence-electron chi connectivity index (χ1n) is 12.8. The Kier molecular flexibility index (Phi) is 32.3. The number of unbranched alkanes of at least 4 members (excludes halogenated alkanes) is 20. The van der Waals surface area contributed by atoms with Crippen LogP contribution in [0.3, 0.4) is 0 Å². The molecule has 0 unspecified atom stereocenters. The fraction of sp³-hybridized carbons (Fsp3) is 1.00. The molecule has 0 saturated heterocycles. The average Bonchev–Trinajstić information content (AvgIpc) is 2.66. The second kappa shape index (κ2) is 29.8. The Hall–Kier alpha value is 0. The molecule has 160 valence electrons. The van der Waals surface area contributed by atoms with E-state index in [0.29, 0.717) is 0 Å². The second-order valence-corrected chi connectivity index (χ2v) is 8.36. The molecule has 0 nitrogen and oxygen atoms in total. The van der Waals surface area contributed by atoms with Gasteiger partial charge in [-0.15, -0.1) is 0 Å². The van der Waals surface area contributed by atoms with Crippen molar-refractivity contribution in [2.45, 2.75) is 169 Å². The van der Waals surface area contributed by atoms with Gasteiger partial charge in [-0.1, -0.05) is 169 Å². The van der Waals surface area contributed by atoms with E-state index in [1.165, 1.54) is 141 Å². The Morgan fingerprint density at radius 3 is 0.423 bits per heavy atom. The van der Waals surface area contributed by atoms with E-state index in [1.54, 1.807) is 0 Å². The first-order chi connectivity index (χ1) is 12.8. The molecule has 0 aromatic heterocycles. The van der Waals surface area contributed by atoms with Crippen LogP contribution in [0.1, 0.15) is 169 Å². The minimum absolute atomic E-state index is 1.37. The molecule has 0 fully saturated rings. The van der Waals surface area contributed by atoms with E-state index < -0.39 is 0 Å². The average molecular weight is 369 g/mol. The van der Waals surface area contributed by atoms with Crippen molar-refractivity contribution in [1.82, 2.24) is 0 Å². The summed E-state index contributed by atoms with van der Waals surface area (Å²) in [4.78, 5) is 0. The third-order valence-corrected chi connectivity index (χ3v) is 5.41. The predicted molar refractivity (Wildman–Crippen MR) is 124 cm³/mol. The zero-order valence-electron chi connectivity index (χ0n) is 19.6. The van der Waals surface area contributed by atoms with Gasteiger partial charge in [0.05, 0.1) is 0 Å². The van der Waals surface area contributed by atoms with Crippen LogP contribution in [0, 0.1) is 0 Å². The van der Waals surface area contributed by atoms with Gasteiger partial charge in [-0.3, -0.25) is 0 Å². The highest BCUT2D eigenvalue weighted by Crippen LogP contribution is 2.12. The number of hydrogen-bond acceptors (Lipinski definition) is 0.